The SMILES string of the molecule is CCc1cc(C)cc(CC)c1C1C(=O)[C@@H]2[C@@H]3O[C@@H](C[C@H]3c3ccc(C(C)=O)cc3)[C@@H]2C1=O. The molecule has 3 fully saturated rings. The molecule has 0 amide bonds. The summed E-state index contributed by atoms with van der Waals surface area (Å²) in [7, 11) is 0. The molecule has 2 heterocycles. The van der Waals surface area contributed by atoms with Crippen LogP contribution < -0.4 is 0 Å². The standard InChI is InChI=1S/C28H30O4/c1-5-16-11-14(3)12-17(6-2)22(16)24-26(30)23-21-13-20(28(32-21)25(23)27(24)31)19-9-7-18(8-10-19)15(4)29/h7-12,20-21,23-25,28H,5-6,13H2,1-4H3/t20-,21-,23-,24?,25+,28+/m0/s1. The lowest BCUT2D eigenvalue weighted by molar-refractivity contribution is -0.127. The van der Waals surface area contributed by atoms with Crippen LogP contribution in [-0.4, -0.2) is 29.6 Å². The second-order valence-corrected chi connectivity index (χ2v) is 9.65. The van der Waals surface area contributed by atoms with Crippen molar-refractivity contribution in [1.29, 1.82) is 0 Å². The summed E-state index contributed by atoms with van der Waals surface area (Å²) < 4.78 is 6.23. The lowest BCUT2D eigenvalue weighted by atomic mass is 9.73. The minimum atomic E-state index is -0.650. The average molecular weight is 431 g/mol. The monoisotopic (exact) mass is 430 g/mol. The number of hydrogen-bond acceptors (Lipinski definition) is 4. The van der Waals surface area contributed by atoms with Gasteiger partial charge in [-0.1, -0.05) is 55.8 Å². The van der Waals surface area contributed by atoms with Crippen molar-refractivity contribution in [3.63, 3.8) is 0 Å². The third-order valence-corrected chi connectivity index (χ3v) is 7.87. The molecule has 4 nitrogen and oxygen atoms in total. The van der Waals surface area contributed by atoms with E-state index in [1.807, 2.05) is 24.3 Å². The summed E-state index contributed by atoms with van der Waals surface area (Å²) in [5.41, 5.74) is 6.16. The number of benzene rings is 2. The summed E-state index contributed by atoms with van der Waals surface area (Å²) in [4.78, 5) is 39.0. The van der Waals surface area contributed by atoms with Crippen molar-refractivity contribution in [2.45, 2.75) is 71.0 Å². The van der Waals surface area contributed by atoms with E-state index in [0.29, 0.717) is 5.56 Å². The van der Waals surface area contributed by atoms with Gasteiger partial charge in [-0.2, -0.15) is 0 Å². The first-order valence-corrected chi connectivity index (χ1v) is 11.8. The second-order valence-electron chi connectivity index (χ2n) is 9.65. The fraction of sp³-hybridized carbons (Fsp3) is 0.464. The van der Waals surface area contributed by atoms with Gasteiger partial charge in [0.25, 0.3) is 0 Å². The first-order valence-electron chi connectivity index (χ1n) is 11.8. The average Bonchev–Trinajstić information content (AvgIpc) is 3.45. The summed E-state index contributed by atoms with van der Waals surface area (Å²) in [6.07, 6.45) is 1.93. The maximum absolute atomic E-state index is 13.8. The van der Waals surface area contributed by atoms with Crippen LogP contribution in [0.15, 0.2) is 36.4 Å². The van der Waals surface area contributed by atoms with E-state index in [0.717, 1.165) is 41.5 Å². The zero-order valence-electron chi connectivity index (χ0n) is 19.2. The fourth-order valence-electron chi connectivity index (χ4n) is 6.45. The molecule has 0 radical (unpaired) electrons. The maximum Gasteiger partial charge on any atom is 0.159 e. The van der Waals surface area contributed by atoms with Crippen molar-refractivity contribution >= 4 is 17.3 Å². The van der Waals surface area contributed by atoms with Crippen LogP contribution in [0.4, 0.5) is 0 Å². The van der Waals surface area contributed by atoms with E-state index < -0.39 is 5.92 Å². The second kappa shape index (κ2) is 7.77. The van der Waals surface area contributed by atoms with E-state index in [-0.39, 0.29) is 47.3 Å². The third kappa shape index (κ3) is 3.03. The van der Waals surface area contributed by atoms with Crippen LogP contribution >= 0.6 is 0 Å². The number of ketones is 3. The Hall–Kier alpha value is -2.59. The van der Waals surface area contributed by atoms with E-state index in [4.69, 9.17) is 4.74 Å². The van der Waals surface area contributed by atoms with Crippen LogP contribution in [0.2, 0.25) is 0 Å². The molecule has 2 aromatic carbocycles. The van der Waals surface area contributed by atoms with E-state index in [2.05, 4.69) is 32.9 Å². The van der Waals surface area contributed by atoms with Gasteiger partial charge in [0, 0.05) is 11.5 Å². The Morgan fingerprint density at radius 1 is 0.969 bits per heavy atom. The highest BCUT2D eigenvalue weighted by molar-refractivity contribution is 6.17. The van der Waals surface area contributed by atoms with E-state index in [1.54, 1.807) is 6.92 Å². The number of aryl methyl sites for hydroxylation is 3. The van der Waals surface area contributed by atoms with Crippen molar-refractivity contribution in [2.75, 3.05) is 0 Å². The van der Waals surface area contributed by atoms with Crippen LogP contribution in [0.1, 0.15) is 77.2 Å². The number of rotatable bonds is 5. The summed E-state index contributed by atoms with van der Waals surface area (Å²) >= 11 is 0. The highest BCUT2D eigenvalue weighted by Crippen LogP contribution is 2.57. The predicted molar refractivity (Wildman–Crippen MR) is 122 cm³/mol. The molecular formula is C28H30O4. The Kier molecular flexibility index (Phi) is 5.16. The number of ether oxygens (including phenoxy) is 1. The van der Waals surface area contributed by atoms with Crippen molar-refractivity contribution < 1.29 is 19.1 Å². The Balaban J connectivity index is 1.50. The first-order chi connectivity index (χ1) is 15.3. The number of carbonyl (C=O) groups excluding carboxylic acids is 3. The Morgan fingerprint density at radius 3 is 2.12 bits per heavy atom. The van der Waals surface area contributed by atoms with Crippen LogP contribution in [0.5, 0.6) is 0 Å². The first kappa shape index (κ1) is 21.3. The van der Waals surface area contributed by atoms with Crippen LogP contribution in [0, 0.1) is 18.8 Å². The van der Waals surface area contributed by atoms with Gasteiger partial charge < -0.3 is 4.74 Å². The van der Waals surface area contributed by atoms with E-state index in [1.165, 1.54) is 5.56 Å². The summed E-state index contributed by atoms with van der Waals surface area (Å²) in [5, 5.41) is 0. The van der Waals surface area contributed by atoms with E-state index in [9.17, 15) is 14.4 Å². The number of carbonyl (C=O) groups is 3. The molecule has 0 spiro atoms. The molecule has 1 unspecified atom stereocenters. The molecule has 0 N–H and O–H groups in total. The largest absolute Gasteiger partial charge is 0.373 e. The minimum absolute atomic E-state index is 0.0387. The molecule has 4 heteroatoms. The topological polar surface area (TPSA) is 60.4 Å². The molecule has 2 bridgehead atoms. The lowest BCUT2D eigenvalue weighted by Gasteiger charge is -2.26. The van der Waals surface area contributed by atoms with Gasteiger partial charge in [-0.25, -0.2) is 0 Å². The van der Waals surface area contributed by atoms with Gasteiger partial charge in [0.2, 0.25) is 0 Å². The molecule has 2 aromatic rings. The zero-order valence-corrected chi connectivity index (χ0v) is 19.2. The molecule has 3 aliphatic rings. The van der Waals surface area contributed by atoms with Crippen LogP contribution in [0.3, 0.4) is 0 Å². The quantitative estimate of drug-likeness (QED) is 0.508. The number of hydrogen-bond donors (Lipinski definition) is 0. The summed E-state index contributed by atoms with van der Waals surface area (Å²) in [6, 6.07) is 11.9. The lowest BCUT2D eigenvalue weighted by Crippen LogP contribution is -2.34. The van der Waals surface area contributed by atoms with Crippen molar-refractivity contribution in [3.05, 3.63) is 69.8 Å². The highest BCUT2D eigenvalue weighted by Gasteiger charge is 2.66. The Labute approximate surface area is 189 Å². The fourth-order valence-corrected chi connectivity index (χ4v) is 6.45. The summed E-state index contributed by atoms with van der Waals surface area (Å²) in [6.45, 7) is 7.82. The van der Waals surface area contributed by atoms with Crippen molar-refractivity contribution in [1.82, 2.24) is 0 Å². The molecule has 0 aromatic heterocycles. The molecule has 1 saturated carbocycles. The molecule has 5 rings (SSSR count). The minimum Gasteiger partial charge on any atom is -0.373 e. The van der Waals surface area contributed by atoms with Crippen molar-refractivity contribution in [2.24, 2.45) is 11.8 Å². The smallest absolute Gasteiger partial charge is 0.159 e. The molecule has 2 saturated heterocycles. The molecule has 6 atom stereocenters. The molecule has 1 aliphatic carbocycles. The number of fused-ring (bicyclic) bond motifs is 5. The molecule has 2 aliphatic heterocycles. The van der Waals surface area contributed by atoms with Gasteiger partial charge >= 0.3 is 0 Å². The zero-order chi connectivity index (χ0) is 22.7. The molecule has 32 heavy (non-hydrogen) atoms. The normalized spacial score (nSPS) is 30.8. The Bertz CT molecular complexity index is 1090. The Morgan fingerprint density at radius 2 is 1.56 bits per heavy atom. The van der Waals surface area contributed by atoms with Crippen LogP contribution in [0.25, 0.3) is 0 Å². The van der Waals surface area contributed by atoms with Crippen molar-refractivity contribution in [3.8, 4) is 0 Å². The van der Waals surface area contributed by atoms with E-state index >= 15 is 0 Å². The van der Waals surface area contributed by atoms with Gasteiger partial charge in [-0.15, -0.1) is 0 Å². The number of Topliss-reactive ketones (excluding diaryl/α,β-unsaturated/α-hetero) is 3. The summed E-state index contributed by atoms with van der Waals surface area (Å²) in [5.74, 6) is -1.09. The van der Waals surface area contributed by atoms with Gasteiger partial charge in [-0.05, 0) is 55.4 Å². The predicted octanol–water partition coefficient (Wildman–Crippen LogP) is 4.75. The van der Waals surface area contributed by atoms with Gasteiger partial charge in [0.1, 0.15) is 5.92 Å². The van der Waals surface area contributed by atoms with Gasteiger partial charge in [0.15, 0.2) is 17.3 Å². The van der Waals surface area contributed by atoms with Crippen LogP contribution in [-0.2, 0) is 27.2 Å². The van der Waals surface area contributed by atoms with Gasteiger partial charge in [0.05, 0.1) is 24.0 Å². The van der Waals surface area contributed by atoms with Gasteiger partial charge in [-0.3, -0.25) is 14.4 Å². The third-order valence-electron chi connectivity index (χ3n) is 7.87. The molecular weight excluding hydrogens is 400 g/mol. The molecule has 166 valence electrons. The maximum atomic E-state index is 13.8. The highest BCUT2D eigenvalue weighted by atomic mass is 16.5.